The van der Waals surface area contributed by atoms with Gasteiger partial charge >= 0.3 is 5.97 Å². The number of carbonyl (C=O) groups is 1. The van der Waals surface area contributed by atoms with E-state index in [0.717, 1.165) is 21.7 Å². The molecule has 19 heavy (non-hydrogen) atoms. The van der Waals surface area contributed by atoms with Crippen LogP contribution < -0.4 is 0 Å². The van der Waals surface area contributed by atoms with Gasteiger partial charge in [0.05, 0.1) is 5.92 Å². The minimum absolute atomic E-state index is 0.505. The molecule has 0 aliphatic rings. The van der Waals surface area contributed by atoms with Gasteiger partial charge in [-0.1, -0.05) is 48.5 Å². The SMILES string of the molecule is C[C@@H](C(=O)O)c1cc2ccccc2c2ccccc12. The van der Waals surface area contributed by atoms with Crippen LogP contribution >= 0.6 is 0 Å². The minimum atomic E-state index is -0.791. The first kappa shape index (κ1) is 11.7. The Labute approximate surface area is 111 Å². The van der Waals surface area contributed by atoms with Crippen LogP contribution in [0.5, 0.6) is 0 Å². The fourth-order valence-corrected chi connectivity index (χ4v) is 2.57. The maximum atomic E-state index is 11.3. The van der Waals surface area contributed by atoms with Crippen LogP contribution in [0.25, 0.3) is 21.5 Å². The first-order valence-corrected chi connectivity index (χ1v) is 6.31. The third kappa shape index (κ3) is 1.85. The fraction of sp³-hybridized carbons (Fsp3) is 0.118. The summed E-state index contributed by atoms with van der Waals surface area (Å²) in [5, 5.41) is 13.7. The van der Waals surface area contributed by atoms with Gasteiger partial charge < -0.3 is 5.11 Å². The number of rotatable bonds is 2. The van der Waals surface area contributed by atoms with Gasteiger partial charge in [-0.3, -0.25) is 4.79 Å². The van der Waals surface area contributed by atoms with Crippen molar-refractivity contribution >= 4 is 27.5 Å². The molecule has 0 aromatic heterocycles. The van der Waals surface area contributed by atoms with Crippen molar-refractivity contribution in [1.82, 2.24) is 0 Å². The highest BCUT2D eigenvalue weighted by Crippen LogP contribution is 2.32. The Morgan fingerprint density at radius 2 is 1.53 bits per heavy atom. The van der Waals surface area contributed by atoms with E-state index in [1.807, 2.05) is 42.5 Å². The quantitative estimate of drug-likeness (QED) is 0.693. The van der Waals surface area contributed by atoms with Crippen molar-refractivity contribution in [1.29, 1.82) is 0 Å². The lowest BCUT2D eigenvalue weighted by atomic mass is 9.91. The third-order valence-corrected chi connectivity index (χ3v) is 3.64. The van der Waals surface area contributed by atoms with Gasteiger partial charge in [0.15, 0.2) is 0 Å². The molecule has 3 aromatic rings. The molecule has 1 N–H and O–H groups in total. The predicted molar refractivity (Wildman–Crippen MR) is 77.5 cm³/mol. The second-order valence-electron chi connectivity index (χ2n) is 4.79. The second-order valence-corrected chi connectivity index (χ2v) is 4.79. The van der Waals surface area contributed by atoms with Gasteiger partial charge in [-0.05, 0) is 40.1 Å². The van der Waals surface area contributed by atoms with E-state index >= 15 is 0 Å². The maximum Gasteiger partial charge on any atom is 0.310 e. The van der Waals surface area contributed by atoms with Crippen molar-refractivity contribution in [3.63, 3.8) is 0 Å². The molecule has 0 fully saturated rings. The van der Waals surface area contributed by atoms with Gasteiger partial charge in [-0.15, -0.1) is 0 Å². The van der Waals surface area contributed by atoms with Crippen molar-refractivity contribution in [3.8, 4) is 0 Å². The summed E-state index contributed by atoms with van der Waals surface area (Å²) in [7, 11) is 0. The van der Waals surface area contributed by atoms with E-state index in [-0.39, 0.29) is 0 Å². The van der Waals surface area contributed by atoms with Gasteiger partial charge in [-0.25, -0.2) is 0 Å². The molecule has 2 heteroatoms. The van der Waals surface area contributed by atoms with Crippen molar-refractivity contribution in [2.75, 3.05) is 0 Å². The lowest BCUT2D eigenvalue weighted by Gasteiger charge is -2.13. The number of carboxylic acid groups (broad SMARTS) is 1. The Hall–Kier alpha value is -2.35. The monoisotopic (exact) mass is 250 g/mol. The first-order chi connectivity index (χ1) is 9.18. The Bertz CT molecular complexity index is 774. The highest BCUT2D eigenvalue weighted by molar-refractivity contribution is 6.10. The average molecular weight is 250 g/mol. The molecule has 1 atom stereocenters. The van der Waals surface area contributed by atoms with Crippen LogP contribution in [0, 0.1) is 0 Å². The fourth-order valence-electron chi connectivity index (χ4n) is 2.57. The van der Waals surface area contributed by atoms with Crippen LogP contribution in [0.3, 0.4) is 0 Å². The van der Waals surface area contributed by atoms with Gasteiger partial charge in [0.2, 0.25) is 0 Å². The van der Waals surface area contributed by atoms with Crippen LogP contribution in [0.15, 0.2) is 54.6 Å². The lowest BCUT2D eigenvalue weighted by Crippen LogP contribution is -2.08. The first-order valence-electron chi connectivity index (χ1n) is 6.31. The number of benzene rings is 3. The van der Waals surface area contributed by atoms with E-state index in [1.54, 1.807) is 6.92 Å². The molecule has 0 aliphatic heterocycles. The second kappa shape index (κ2) is 4.39. The molecule has 0 aliphatic carbocycles. The normalized spacial score (nSPS) is 12.7. The number of aliphatic carboxylic acids is 1. The molecule has 0 heterocycles. The zero-order valence-corrected chi connectivity index (χ0v) is 10.6. The Morgan fingerprint density at radius 3 is 2.21 bits per heavy atom. The summed E-state index contributed by atoms with van der Waals surface area (Å²) in [6.45, 7) is 1.74. The van der Waals surface area contributed by atoms with Crippen LogP contribution in [0.2, 0.25) is 0 Å². The van der Waals surface area contributed by atoms with Crippen LogP contribution in [-0.4, -0.2) is 11.1 Å². The molecule has 94 valence electrons. The van der Waals surface area contributed by atoms with E-state index in [1.165, 1.54) is 5.39 Å². The smallest absolute Gasteiger partial charge is 0.310 e. The van der Waals surface area contributed by atoms with Gasteiger partial charge in [0.1, 0.15) is 0 Å². The lowest BCUT2D eigenvalue weighted by molar-refractivity contribution is -0.138. The molecule has 0 unspecified atom stereocenters. The van der Waals surface area contributed by atoms with Crippen LogP contribution in [0.1, 0.15) is 18.4 Å². The topological polar surface area (TPSA) is 37.3 Å². The van der Waals surface area contributed by atoms with E-state index < -0.39 is 11.9 Å². The van der Waals surface area contributed by atoms with Crippen molar-refractivity contribution in [2.45, 2.75) is 12.8 Å². The van der Waals surface area contributed by atoms with E-state index in [2.05, 4.69) is 12.1 Å². The Morgan fingerprint density at radius 1 is 0.947 bits per heavy atom. The molecular formula is C17H14O2. The summed E-state index contributed by atoms with van der Waals surface area (Å²) >= 11 is 0. The van der Waals surface area contributed by atoms with Crippen molar-refractivity contribution in [3.05, 3.63) is 60.2 Å². The molecule has 3 rings (SSSR count). The molecule has 0 bridgehead atoms. The number of carboxylic acids is 1. The molecule has 0 saturated heterocycles. The predicted octanol–water partition coefficient (Wildman–Crippen LogP) is 4.18. The van der Waals surface area contributed by atoms with Crippen molar-refractivity contribution in [2.24, 2.45) is 0 Å². The molecule has 0 radical (unpaired) electrons. The summed E-state index contributed by atoms with van der Waals surface area (Å²) in [5.41, 5.74) is 0.877. The van der Waals surface area contributed by atoms with E-state index in [9.17, 15) is 9.90 Å². The summed E-state index contributed by atoms with van der Waals surface area (Å²) in [4.78, 5) is 11.3. The van der Waals surface area contributed by atoms with Gasteiger partial charge in [0.25, 0.3) is 0 Å². The zero-order valence-electron chi connectivity index (χ0n) is 10.6. The summed E-state index contributed by atoms with van der Waals surface area (Å²) in [6, 6.07) is 18.1. The molecule has 3 aromatic carbocycles. The summed E-state index contributed by atoms with van der Waals surface area (Å²) < 4.78 is 0. The molecule has 0 saturated carbocycles. The molecule has 2 nitrogen and oxygen atoms in total. The molecular weight excluding hydrogens is 236 g/mol. The zero-order chi connectivity index (χ0) is 13.4. The highest BCUT2D eigenvalue weighted by atomic mass is 16.4. The summed E-state index contributed by atoms with van der Waals surface area (Å²) in [6.07, 6.45) is 0. The molecule has 0 spiro atoms. The summed E-state index contributed by atoms with van der Waals surface area (Å²) in [5.74, 6) is -1.30. The molecule has 0 amide bonds. The average Bonchev–Trinajstić information content (AvgIpc) is 2.45. The van der Waals surface area contributed by atoms with Crippen LogP contribution in [-0.2, 0) is 4.79 Å². The third-order valence-electron chi connectivity index (χ3n) is 3.64. The van der Waals surface area contributed by atoms with E-state index in [4.69, 9.17) is 0 Å². The Balaban J connectivity index is 2.45. The van der Waals surface area contributed by atoms with Gasteiger partial charge in [0, 0.05) is 0 Å². The Kier molecular flexibility index (Phi) is 2.71. The van der Waals surface area contributed by atoms with Crippen molar-refractivity contribution < 1.29 is 9.90 Å². The number of hydrogen-bond acceptors (Lipinski definition) is 1. The highest BCUT2D eigenvalue weighted by Gasteiger charge is 2.17. The standard InChI is InChI=1S/C17H14O2/c1-11(17(18)19)16-10-12-6-2-3-7-13(12)14-8-4-5-9-15(14)16/h2-11H,1H3,(H,18,19)/t11-/m1/s1. The van der Waals surface area contributed by atoms with E-state index in [0.29, 0.717) is 0 Å². The number of fused-ring (bicyclic) bond motifs is 3. The maximum absolute atomic E-state index is 11.3. The van der Waals surface area contributed by atoms with Gasteiger partial charge in [-0.2, -0.15) is 0 Å². The largest absolute Gasteiger partial charge is 0.481 e. The van der Waals surface area contributed by atoms with Crippen LogP contribution in [0.4, 0.5) is 0 Å². The number of hydrogen-bond donors (Lipinski definition) is 1. The minimum Gasteiger partial charge on any atom is -0.481 e.